The number of aromatic nitrogens is 1. The number of hydrogen-bond acceptors (Lipinski definition) is 6. The lowest BCUT2D eigenvalue weighted by molar-refractivity contribution is -0.146. The largest absolute Gasteiger partial charge is 0.352 e. The van der Waals surface area contributed by atoms with Crippen LogP contribution in [0.3, 0.4) is 0 Å². The first-order chi connectivity index (χ1) is 12.1. The van der Waals surface area contributed by atoms with Crippen molar-refractivity contribution >= 4 is 17.6 Å². The molecule has 3 rings (SSSR count). The van der Waals surface area contributed by atoms with E-state index in [1.165, 1.54) is 10.5 Å². The summed E-state index contributed by atoms with van der Waals surface area (Å²) in [5, 5.41) is 9.69. The summed E-state index contributed by atoms with van der Waals surface area (Å²) in [7, 11) is 0. The maximum Gasteiger partial charge on any atom is 0.323 e. The molecule has 2 heterocycles. The van der Waals surface area contributed by atoms with E-state index >= 15 is 0 Å². The van der Waals surface area contributed by atoms with Crippen LogP contribution in [-0.2, 0) is 22.4 Å². The molecule has 2 amide bonds. The number of nitrogens with one attached hydrogen (secondary N) is 1. The van der Waals surface area contributed by atoms with Crippen molar-refractivity contribution in [2.24, 2.45) is 5.84 Å². The minimum absolute atomic E-state index is 0.398. The van der Waals surface area contributed by atoms with Crippen LogP contribution in [0.2, 0.25) is 0 Å². The number of piperazine rings is 1. The fraction of sp³-hybridized carbons (Fsp3) is 0.529. The second kappa shape index (κ2) is 7.07. The maximum absolute atomic E-state index is 11.9. The van der Waals surface area contributed by atoms with E-state index < -0.39 is 11.8 Å². The van der Waals surface area contributed by atoms with Crippen molar-refractivity contribution in [1.82, 2.24) is 15.3 Å². The first-order valence-electron chi connectivity index (χ1n) is 8.54. The summed E-state index contributed by atoms with van der Waals surface area (Å²) in [6.45, 7) is 3.86. The summed E-state index contributed by atoms with van der Waals surface area (Å²) in [5.74, 6) is 4.28. The summed E-state index contributed by atoms with van der Waals surface area (Å²) in [6.07, 6.45) is 4.15. The number of amides is 2. The van der Waals surface area contributed by atoms with E-state index in [9.17, 15) is 14.9 Å². The van der Waals surface area contributed by atoms with Crippen molar-refractivity contribution in [3.63, 3.8) is 0 Å². The molecular formula is C17H22N6O2. The van der Waals surface area contributed by atoms with Crippen LogP contribution in [0.4, 0.5) is 5.82 Å². The molecule has 0 unspecified atom stereocenters. The van der Waals surface area contributed by atoms with E-state index in [2.05, 4.69) is 6.07 Å². The molecule has 1 fully saturated rings. The molecule has 132 valence electrons. The Bertz CT molecular complexity index is 746. The van der Waals surface area contributed by atoms with E-state index in [0.29, 0.717) is 37.6 Å². The average molecular weight is 342 g/mol. The van der Waals surface area contributed by atoms with Gasteiger partial charge in [-0.25, -0.2) is 10.8 Å². The van der Waals surface area contributed by atoms with E-state index in [1.54, 1.807) is 0 Å². The normalized spacial score (nSPS) is 16.8. The number of nitriles is 1. The van der Waals surface area contributed by atoms with Crippen LogP contribution in [-0.4, -0.2) is 47.9 Å². The number of anilines is 1. The van der Waals surface area contributed by atoms with E-state index in [-0.39, 0.29) is 0 Å². The van der Waals surface area contributed by atoms with Gasteiger partial charge in [-0.15, -0.1) is 0 Å². The van der Waals surface area contributed by atoms with Gasteiger partial charge in [0.1, 0.15) is 11.9 Å². The number of rotatable bonds is 1. The molecule has 1 aliphatic heterocycles. The summed E-state index contributed by atoms with van der Waals surface area (Å²) in [5.41, 5.74) is 5.88. The zero-order valence-electron chi connectivity index (χ0n) is 14.3. The Balaban J connectivity index is 1.82. The van der Waals surface area contributed by atoms with Crippen LogP contribution >= 0.6 is 0 Å². The standard InChI is InChI=1S/C17H22N6O2/c1-11-12-4-2-3-5-13(12)14(10-18)15(20-11)22-6-8-23(9-7-22)17(25)16(24)21-19/h2-9,19H2,1H3,(H,21,24). The molecule has 0 bridgehead atoms. The third-order valence-electron chi connectivity index (χ3n) is 5.01. The summed E-state index contributed by atoms with van der Waals surface area (Å²) < 4.78 is 0. The lowest BCUT2D eigenvalue weighted by atomic mass is 9.88. The number of carbonyl (C=O) groups excluding carboxylic acids is 2. The van der Waals surface area contributed by atoms with Crippen molar-refractivity contribution in [3.05, 3.63) is 22.4 Å². The number of nitrogens with two attached hydrogens (primary N) is 1. The number of hydrogen-bond donors (Lipinski definition) is 2. The molecule has 1 saturated heterocycles. The van der Waals surface area contributed by atoms with Gasteiger partial charge in [0.05, 0.1) is 5.56 Å². The zero-order chi connectivity index (χ0) is 18.0. The predicted octanol–water partition coefficient (Wildman–Crippen LogP) is -0.221. The maximum atomic E-state index is 11.9. The SMILES string of the molecule is Cc1nc(N2CCN(C(=O)C(=O)NN)CC2)c(C#N)c2c1CCCC2. The predicted molar refractivity (Wildman–Crippen MR) is 91.5 cm³/mol. The smallest absolute Gasteiger partial charge is 0.323 e. The number of nitrogens with zero attached hydrogens (tertiary/aromatic N) is 4. The zero-order valence-corrected chi connectivity index (χ0v) is 14.3. The van der Waals surface area contributed by atoms with Gasteiger partial charge in [0.25, 0.3) is 0 Å². The highest BCUT2D eigenvalue weighted by Gasteiger charge is 2.29. The Morgan fingerprint density at radius 1 is 1.16 bits per heavy atom. The molecule has 8 nitrogen and oxygen atoms in total. The fourth-order valence-electron chi connectivity index (χ4n) is 3.67. The Hall–Kier alpha value is -2.66. The molecule has 1 aromatic heterocycles. The molecule has 25 heavy (non-hydrogen) atoms. The molecule has 3 N–H and O–H groups in total. The quantitative estimate of drug-likeness (QED) is 0.315. The Morgan fingerprint density at radius 2 is 1.80 bits per heavy atom. The molecule has 0 saturated carbocycles. The van der Waals surface area contributed by atoms with Crippen molar-refractivity contribution < 1.29 is 9.59 Å². The van der Waals surface area contributed by atoms with Gasteiger partial charge in [-0.3, -0.25) is 15.0 Å². The molecule has 1 aromatic rings. The summed E-state index contributed by atoms with van der Waals surface area (Å²) in [6, 6.07) is 2.34. The van der Waals surface area contributed by atoms with Crippen molar-refractivity contribution in [1.29, 1.82) is 5.26 Å². The van der Waals surface area contributed by atoms with Crippen LogP contribution in [0.5, 0.6) is 0 Å². The molecule has 0 spiro atoms. The van der Waals surface area contributed by atoms with Crippen LogP contribution in [0, 0.1) is 18.3 Å². The van der Waals surface area contributed by atoms with Crippen molar-refractivity contribution in [2.75, 3.05) is 31.1 Å². The van der Waals surface area contributed by atoms with Gasteiger partial charge in [0, 0.05) is 31.9 Å². The van der Waals surface area contributed by atoms with Crippen LogP contribution in [0.15, 0.2) is 0 Å². The minimum Gasteiger partial charge on any atom is -0.352 e. The second-order valence-corrected chi connectivity index (χ2v) is 6.42. The minimum atomic E-state index is -0.811. The summed E-state index contributed by atoms with van der Waals surface area (Å²) >= 11 is 0. The van der Waals surface area contributed by atoms with Gasteiger partial charge in [0.2, 0.25) is 0 Å². The number of hydrazine groups is 1. The van der Waals surface area contributed by atoms with Crippen LogP contribution in [0.25, 0.3) is 0 Å². The van der Waals surface area contributed by atoms with E-state index in [4.69, 9.17) is 10.8 Å². The Morgan fingerprint density at radius 3 is 2.40 bits per heavy atom. The molecule has 2 aliphatic rings. The third kappa shape index (κ3) is 3.15. The van der Waals surface area contributed by atoms with Crippen molar-refractivity contribution in [3.8, 4) is 6.07 Å². The van der Waals surface area contributed by atoms with E-state index in [1.807, 2.05) is 17.2 Å². The van der Waals surface area contributed by atoms with Crippen LogP contribution < -0.4 is 16.2 Å². The lowest BCUT2D eigenvalue weighted by Gasteiger charge is -2.36. The lowest BCUT2D eigenvalue weighted by Crippen LogP contribution is -2.53. The Kier molecular flexibility index (Phi) is 4.86. The van der Waals surface area contributed by atoms with Crippen LogP contribution in [0.1, 0.15) is 35.2 Å². The van der Waals surface area contributed by atoms with Gasteiger partial charge < -0.3 is 9.80 Å². The number of aryl methyl sites for hydroxylation is 1. The van der Waals surface area contributed by atoms with Gasteiger partial charge in [-0.2, -0.15) is 5.26 Å². The van der Waals surface area contributed by atoms with Gasteiger partial charge in [0.15, 0.2) is 0 Å². The molecule has 0 atom stereocenters. The average Bonchev–Trinajstić information content (AvgIpc) is 2.67. The van der Waals surface area contributed by atoms with Gasteiger partial charge >= 0.3 is 11.8 Å². The van der Waals surface area contributed by atoms with E-state index in [0.717, 1.165) is 36.9 Å². The van der Waals surface area contributed by atoms with Gasteiger partial charge in [-0.05, 0) is 43.7 Å². The molecule has 8 heteroatoms. The Labute approximate surface area is 146 Å². The monoisotopic (exact) mass is 342 g/mol. The molecule has 0 aromatic carbocycles. The molecular weight excluding hydrogens is 320 g/mol. The number of fused-ring (bicyclic) bond motifs is 1. The number of pyridine rings is 1. The van der Waals surface area contributed by atoms with Gasteiger partial charge in [-0.1, -0.05) is 0 Å². The first-order valence-corrected chi connectivity index (χ1v) is 8.54. The highest BCUT2D eigenvalue weighted by atomic mass is 16.2. The second-order valence-electron chi connectivity index (χ2n) is 6.42. The molecule has 0 radical (unpaired) electrons. The molecule has 1 aliphatic carbocycles. The topological polar surface area (TPSA) is 115 Å². The first kappa shape index (κ1) is 17.2. The highest BCUT2D eigenvalue weighted by Crippen LogP contribution is 2.32. The van der Waals surface area contributed by atoms with Crippen molar-refractivity contribution in [2.45, 2.75) is 32.6 Å². The number of carbonyl (C=O) groups is 2. The summed E-state index contributed by atoms with van der Waals surface area (Å²) in [4.78, 5) is 31.5. The fourth-order valence-corrected chi connectivity index (χ4v) is 3.67. The third-order valence-corrected chi connectivity index (χ3v) is 5.01. The highest BCUT2D eigenvalue weighted by molar-refractivity contribution is 6.34.